The summed E-state index contributed by atoms with van der Waals surface area (Å²) in [5, 5.41) is 9.62. The molecular formula is C18H21NO. The van der Waals surface area contributed by atoms with E-state index in [4.69, 9.17) is 5.73 Å². The minimum atomic E-state index is -0.323. The summed E-state index contributed by atoms with van der Waals surface area (Å²) in [5.74, 6) is 0.885. The van der Waals surface area contributed by atoms with Crippen molar-refractivity contribution in [3.05, 3.63) is 65.2 Å². The van der Waals surface area contributed by atoms with Crippen LogP contribution in [0.3, 0.4) is 0 Å². The summed E-state index contributed by atoms with van der Waals surface area (Å²) in [7, 11) is 0. The van der Waals surface area contributed by atoms with Gasteiger partial charge in [0.1, 0.15) is 5.75 Å². The summed E-state index contributed by atoms with van der Waals surface area (Å²) in [5.41, 5.74) is 10.1. The Kier molecular flexibility index (Phi) is 3.27. The highest BCUT2D eigenvalue weighted by Gasteiger charge is 2.35. The minimum absolute atomic E-state index is 0.309. The van der Waals surface area contributed by atoms with Crippen LogP contribution in [0, 0.1) is 0 Å². The standard InChI is InChI=1S/C18H21NO/c1-13-9-10-18(19,17-8-3-2-7-16(13)17)12-14-5-4-6-15(20)11-14/h2-8,11,13,20H,9-10,12,19H2,1H3. The zero-order valence-electron chi connectivity index (χ0n) is 11.8. The van der Waals surface area contributed by atoms with Crippen molar-refractivity contribution in [3.63, 3.8) is 0 Å². The molecule has 0 amide bonds. The van der Waals surface area contributed by atoms with Crippen molar-refractivity contribution in [2.24, 2.45) is 5.73 Å². The zero-order chi connectivity index (χ0) is 14.2. The number of rotatable bonds is 2. The van der Waals surface area contributed by atoms with Crippen LogP contribution in [0.15, 0.2) is 48.5 Å². The van der Waals surface area contributed by atoms with Crippen LogP contribution in [0.2, 0.25) is 0 Å². The molecule has 2 unspecified atom stereocenters. The van der Waals surface area contributed by atoms with Crippen molar-refractivity contribution in [3.8, 4) is 5.75 Å². The van der Waals surface area contributed by atoms with Crippen LogP contribution in [-0.4, -0.2) is 5.11 Å². The molecule has 1 aliphatic rings. The van der Waals surface area contributed by atoms with Crippen LogP contribution in [-0.2, 0) is 12.0 Å². The molecular weight excluding hydrogens is 246 g/mol. The maximum atomic E-state index is 9.62. The molecule has 104 valence electrons. The van der Waals surface area contributed by atoms with Crippen molar-refractivity contribution in [1.29, 1.82) is 0 Å². The van der Waals surface area contributed by atoms with Gasteiger partial charge in [0.05, 0.1) is 0 Å². The van der Waals surface area contributed by atoms with Crippen molar-refractivity contribution < 1.29 is 5.11 Å². The van der Waals surface area contributed by atoms with Crippen LogP contribution in [0.4, 0.5) is 0 Å². The first-order chi connectivity index (χ1) is 9.58. The van der Waals surface area contributed by atoms with Gasteiger partial charge in [-0.1, -0.05) is 43.3 Å². The van der Waals surface area contributed by atoms with Crippen molar-refractivity contribution >= 4 is 0 Å². The van der Waals surface area contributed by atoms with Crippen LogP contribution in [0.1, 0.15) is 42.4 Å². The first kappa shape index (κ1) is 13.2. The predicted octanol–water partition coefficient (Wildman–Crippen LogP) is 3.69. The number of phenolic OH excluding ortho intramolecular Hbond substituents is 1. The summed E-state index contributed by atoms with van der Waals surface area (Å²) < 4.78 is 0. The molecule has 0 aromatic heterocycles. The Labute approximate surface area is 120 Å². The number of aromatic hydroxyl groups is 1. The molecule has 0 saturated heterocycles. The summed E-state index contributed by atoms with van der Waals surface area (Å²) >= 11 is 0. The van der Waals surface area contributed by atoms with E-state index in [9.17, 15) is 5.11 Å². The van der Waals surface area contributed by atoms with E-state index in [-0.39, 0.29) is 5.54 Å². The molecule has 3 rings (SSSR count). The van der Waals surface area contributed by atoms with E-state index >= 15 is 0 Å². The normalized spacial score (nSPS) is 25.2. The Hall–Kier alpha value is -1.80. The lowest BCUT2D eigenvalue weighted by atomic mass is 9.70. The molecule has 0 saturated carbocycles. The smallest absolute Gasteiger partial charge is 0.115 e. The third-order valence-electron chi connectivity index (χ3n) is 4.48. The second-order valence-electron chi connectivity index (χ2n) is 6.03. The van der Waals surface area contributed by atoms with E-state index in [2.05, 4.69) is 31.2 Å². The number of nitrogens with two attached hydrogens (primary N) is 1. The fourth-order valence-electron chi connectivity index (χ4n) is 3.36. The number of benzene rings is 2. The van der Waals surface area contributed by atoms with Gasteiger partial charge in [-0.05, 0) is 54.0 Å². The van der Waals surface area contributed by atoms with Gasteiger partial charge in [-0.25, -0.2) is 0 Å². The van der Waals surface area contributed by atoms with Gasteiger partial charge in [-0.3, -0.25) is 0 Å². The van der Waals surface area contributed by atoms with Crippen LogP contribution >= 0.6 is 0 Å². The molecule has 0 fully saturated rings. The molecule has 0 spiro atoms. The van der Waals surface area contributed by atoms with Gasteiger partial charge in [0.2, 0.25) is 0 Å². The molecule has 2 heteroatoms. The van der Waals surface area contributed by atoms with Gasteiger partial charge in [0.15, 0.2) is 0 Å². The minimum Gasteiger partial charge on any atom is -0.508 e. The molecule has 2 atom stereocenters. The Morgan fingerprint density at radius 1 is 1.20 bits per heavy atom. The van der Waals surface area contributed by atoms with E-state index in [1.165, 1.54) is 11.1 Å². The zero-order valence-corrected chi connectivity index (χ0v) is 11.8. The van der Waals surface area contributed by atoms with Gasteiger partial charge in [-0.15, -0.1) is 0 Å². The molecule has 0 aliphatic heterocycles. The van der Waals surface area contributed by atoms with Crippen molar-refractivity contribution in [2.75, 3.05) is 0 Å². The van der Waals surface area contributed by atoms with Crippen molar-refractivity contribution in [2.45, 2.75) is 37.6 Å². The molecule has 0 bridgehead atoms. The topological polar surface area (TPSA) is 46.2 Å². The lowest BCUT2D eigenvalue weighted by Crippen LogP contribution is -2.42. The van der Waals surface area contributed by atoms with Crippen molar-refractivity contribution in [1.82, 2.24) is 0 Å². The van der Waals surface area contributed by atoms with Gasteiger partial charge < -0.3 is 10.8 Å². The third kappa shape index (κ3) is 2.32. The maximum Gasteiger partial charge on any atom is 0.115 e. The second kappa shape index (κ2) is 4.95. The van der Waals surface area contributed by atoms with Gasteiger partial charge in [0, 0.05) is 5.54 Å². The molecule has 2 aromatic rings. The van der Waals surface area contributed by atoms with E-state index in [0.717, 1.165) is 24.8 Å². The monoisotopic (exact) mass is 267 g/mol. The molecule has 2 nitrogen and oxygen atoms in total. The molecule has 1 aliphatic carbocycles. The summed E-state index contributed by atoms with van der Waals surface area (Å²) in [6.07, 6.45) is 2.87. The summed E-state index contributed by atoms with van der Waals surface area (Å²) in [6, 6.07) is 16.0. The fraction of sp³-hybridized carbons (Fsp3) is 0.333. The van der Waals surface area contributed by atoms with Gasteiger partial charge in [0.25, 0.3) is 0 Å². The van der Waals surface area contributed by atoms with E-state index < -0.39 is 0 Å². The Bertz CT molecular complexity index is 622. The maximum absolute atomic E-state index is 9.62. The van der Waals surface area contributed by atoms with Gasteiger partial charge >= 0.3 is 0 Å². The van der Waals surface area contributed by atoms with Crippen LogP contribution < -0.4 is 5.73 Å². The first-order valence-corrected chi connectivity index (χ1v) is 7.25. The number of hydrogen-bond acceptors (Lipinski definition) is 2. The molecule has 0 radical (unpaired) electrons. The van der Waals surface area contributed by atoms with E-state index in [1.54, 1.807) is 6.07 Å². The Morgan fingerprint density at radius 3 is 2.80 bits per heavy atom. The number of fused-ring (bicyclic) bond motifs is 1. The summed E-state index contributed by atoms with van der Waals surface area (Å²) in [6.45, 7) is 2.27. The Balaban J connectivity index is 1.98. The molecule has 3 N–H and O–H groups in total. The first-order valence-electron chi connectivity index (χ1n) is 7.25. The largest absolute Gasteiger partial charge is 0.508 e. The van der Waals surface area contributed by atoms with E-state index in [0.29, 0.717) is 11.7 Å². The average Bonchev–Trinajstić information content (AvgIpc) is 2.44. The lowest BCUT2D eigenvalue weighted by molar-refractivity contribution is 0.348. The van der Waals surface area contributed by atoms with Crippen LogP contribution in [0.25, 0.3) is 0 Å². The lowest BCUT2D eigenvalue weighted by Gasteiger charge is -2.38. The number of phenols is 1. The fourth-order valence-corrected chi connectivity index (χ4v) is 3.36. The molecule has 0 heterocycles. The molecule has 20 heavy (non-hydrogen) atoms. The highest BCUT2D eigenvalue weighted by Crippen LogP contribution is 2.41. The van der Waals surface area contributed by atoms with E-state index in [1.807, 2.05) is 18.2 Å². The third-order valence-corrected chi connectivity index (χ3v) is 4.48. The highest BCUT2D eigenvalue weighted by molar-refractivity contribution is 5.40. The SMILES string of the molecule is CC1CCC(N)(Cc2cccc(O)c2)c2ccccc21. The van der Waals surface area contributed by atoms with Crippen LogP contribution in [0.5, 0.6) is 5.75 Å². The number of hydrogen-bond donors (Lipinski definition) is 2. The molecule has 2 aromatic carbocycles. The Morgan fingerprint density at radius 2 is 2.00 bits per heavy atom. The predicted molar refractivity (Wildman–Crippen MR) is 81.8 cm³/mol. The van der Waals surface area contributed by atoms with Gasteiger partial charge in [-0.2, -0.15) is 0 Å². The quantitative estimate of drug-likeness (QED) is 0.871. The summed E-state index contributed by atoms with van der Waals surface area (Å²) in [4.78, 5) is 0. The highest BCUT2D eigenvalue weighted by atomic mass is 16.3. The average molecular weight is 267 g/mol. The second-order valence-corrected chi connectivity index (χ2v) is 6.03.